The predicted octanol–water partition coefficient (Wildman–Crippen LogP) is -2.14. The van der Waals surface area contributed by atoms with Crippen molar-refractivity contribution in [2.45, 2.75) is 12.5 Å². The molecule has 6 N–H and O–H groups in total. The number of rotatable bonds is 4. The minimum atomic E-state index is -1.10. The Balaban J connectivity index is 2.71. The number of nitrogens with two attached hydrogens (primary N) is 1. The van der Waals surface area contributed by atoms with Crippen LogP contribution in [0.3, 0.4) is 0 Å². The van der Waals surface area contributed by atoms with Gasteiger partial charge < -0.3 is 21.3 Å². The Bertz CT molecular complexity index is 346. The average molecular weight is 215 g/mol. The van der Waals surface area contributed by atoms with Gasteiger partial charge in [0.2, 0.25) is 11.8 Å². The molecule has 0 saturated heterocycles. The van der Waals surface area contributed by atoms with Gasteiger partial charge in [-0.25, -0.2) is 0 Å². The largest absolute Gasteiger partial charge is 0.394 e. The van der Waals surface area contributed by atoms with Crippen molar-refractivity contribution in [3.8, 4) is 0 Å². The summed E-state index contributed by atoms with van der Waals surface area (Å²) in [4.78, 5) is 15.1. The summed E-state index contributed by atoms with van der Waals surface area (Å²) >= 11 is 0. The Morgan fingerprint density at radius 3 is 2.60 bits per heavy atom. The summed E-state index contributed by atoms with van der Waals surface area (Å²) in [7, 11) is 0. The Morgan fingerprint density at radius 2 is 2.20 bits per heavy atom. The maximum Gasteiger partial charge on any atom is 0.289 e. The highest BCUT2D eigenvalue weighted by atomic mass is 16.3. The van der Waals surface area contributed by atoms with Crippen molar-refractivity contribution in [3.63, 3.8) is 0 Å². The van der Waals surface area contributed by atoms with Gasteiger partial charge in [-0.1, -0.05) is 0 Å². The van der Waals surface area contributed by atoms with Gasteiger partial charge in [0.25, 0.3) is 5.91 Å². The molecule has 0 aliphatic rings. The van der Waals surface area contributed by atoms with E-state index in [9.17, 15) is 4.79 Å². The molecule has 0 bridgehead atoms. The van der Waals surface area contributed by atoms with Crippen LogP contribution < -0.4 is 11.1 Å². The first kappa shape index (κ1) is 11.4. The van der Waals surface area contributed by atoms with Crippen LogP contribution in [-0.4, -0.2) is 50.1 Å². The van der Waals surface area contributed by atoms with Crippen molar-refractivity contribution < 1.29 is 15.0 Å². The number of amides is 1. The van der Waals surface area contributed by atoms with Gasteiger partial charge in [0.05, 0.1) is 18.8 Å². The minimum Gasteiger partial charge on any atom is -0.394 e. The van der Waals surface area contributed by atoms with Crippen LogP contribution in [-0.2, 0) is 0 Å². The lowest BCUT2D eigenvalue weighted by molar-refractivity contribution is 0.0715. The molecular formula is C7H13N5O3. The fraction of sp³-hybridized carbons (Fsp3) is 0.571. The molecule has 0 aromatic carbocycles. The highest BCUT2D eigenvalue weighted by molar-refractivity contribution is 5.91. The van der Waals surface area contributed by atoms with Gasteiger partial charge in [0.15, 0.2) is 0 Å². The summed E-state index contributed by atoms with van der Waals surface area (Å²) < 4.78 is 0. The van der Waals surface area contributed by atoms with Gasteiger partial charge in [0, 0.05) is 0 Å². The number of nitrogen functional groups attached to an aromatic ring is 1. The molecule has 1 amide bonds. The van der Waals surface area contributed by atoms with E-state index >= 15 is 0 Å². The van der Waals surface area contributed by atoms with Crippen LogP contribution >= 0.6 is 0 Å². The van der Waals surface area contributed by atoms with Gasteiger partial charge in [-0.3, -0.25) is 9.89 Å². The molecule has 0 saturated carbocycles. The molecule has 0 atom stereocenters. The van der Waals surface area contributed by atoms with Gasteiger partial charge in [0.1, 0.15) is 0 Å². The number of carbonyl (C=O) groups excluding carboxylic acids is 1. The van der Waals surface area contributed by atoms with Crippen LogP contribution in [0.4, 0.5) is 5.95 Å². The van der Waals surface area contributed by atoms with E-state index in [2.05, 4.69) is 20.5 Å². The Hall–Kier alpha value is -1.67. The number of aliphatic hydroxyl groups excluding tert-OH is 2. The second kappa shape index (κ2) is 4.24. The number of nitrogens with zero attached hydrogens (tertiary/aromatic N) is 2. The van der Waals surface area contributed by atoms with E-state index in [4.69, 9.17) is 15.9 Å². The van der Waals surface area contributed by atoms with Crippen LogP contribution in [0.1, 0.15) is 17.5 Å². The summed E-state index contributed by atoms with van der Waals surface area (Å²) in [6.07, 6.45) is 0. The first-order valence-corrected chi connectivity index (χ1v) is 4.23. The Labute approximate surface area is 85.5 Å². The summed E-state index contributed by atoms with van der Waals surface area (Å²) in [5, 5.41) is 26.1. The van der Waals surface area contributed by atoms with Crippen molar-refractivity contribution in [2.24, 2.45) is 0 Å². The molecule has 0 spiro atoms. The van der Waals surface area contributed by atoms with E-state index in [1.54, 1.807) is 0 Å². The summed E-state index contributed by atoms with van der Waals surface area (Å²) in [5.41, 5.74) is 4.11. The number of aromatic nitrogens is 3. The second-order valence-electron chi connectivity index (χ2n) is 3.37. The van der Waals surface area contributed by atoms with Crippen molar-refractivity contribution in [1.82, 2.24) is 20.5 Å². The first-order chi connectivity index (χ1) is 7.00. The summed E-state index contributed by atoms with van der Waals surface area (Å²) in [5.74, 6) is -0.708. The van der Waals surface area contributed by atoms with Crippen molar-refractivity contribution in [3.05, 3.63) is 5.82 Å². The quantitative estimate of drug-likeness (QED) is 0.388. The molecule has 0 unspecified atom stereocenters. The fourth-order valence-corrected chi connectivity index (χ4v) is 0.839. The third kappa shape index (κ3) is 2.64. The molecule has 0 aliphatic carbocycles. The van der Waals surface area contributed by atoms with Crippen LogP contribution in [0.15, 0.2) is 0 Å². The number of aromatic amines is 1. The van der Waals surface area contributed by atoms with Gasteiger partial charge >= 0.3 is 0 Å². The third-order valence-corrected chi connectivity index (χ3v) is 1.83. The second-order valence-corrected chi connectivity index (χ2v) is 3.37. The number of aliphatic hydroxyl groups is 2. The molecule has 0 fully saturated rings. The van der Waals surface area contributed by atoms with Crippen LogP contribution in [0.5, 0.6) is 0 Å². The monoisotopic (exact) mass is 215 g/mol. The Morgan fingerprint density at radius 1 is 1.60 bits per heavy atom. The first-order valence-electron chi connectivity index (χ1n) is 4.23. The van der Waals surface area contributed by atoms with E-state index < -0.39 is 24.7 Å². The Kier molecular flexibility index (Phi) is 3.22. The van der Waals surface area contributed by atoms with Crippen LogP contribution in [0.25, 0.3) is 0 Å². The lowest BCUT2D eigenvalue weighted by Crippen LogP contribution is -2.52. The molecule has 1 rings (SSSR count). The van der Waals surface area contributed by atoms with Gasteiger partial charge in [-0.15, -0.1) is 5.10 Å². The summed E-state index contributed by atoms with van der Waals surface area (Å²) in [6, 6.07) is 0. The summed E-state index contributed by atoms with van der Waals surface area (Å²) in [6.45, 7) is 0.711. The minimum absolute atomic E-state index is 0.0464. The molecule has 0 aliphatic heterocycles. The lowest BCUT2D eigenvalue weighted by atomic mass is 10.1. The number of nitrogens with one attached hydrogen (secondary N) is 2. The molecule has 1 aromatic heterocycles. The molecule has 8 heteroatoms. The van der Waals surface area contributed by atoms with E-state index in [0.717, 1.165) is 0 Å². The van der Waals surface area contributed by atoms with Crippen LogP contribution in [0, 0.1) is 0 Å². The van der Waals surface area contributed by atoms with Gasteiger partial charge in [-0.2, -0.15) is 4.98 Å². The standard InChI is InChI=1S/C7H13N5O3/c1-7(2-13,3-14)10-5(15)4-9-6(8)12-11-4/h13-14H,2-3H2,1H3,(H,10,15)(H3,8,9,11,12). The number of carbonyl (C=O) groups is 1. The maximum absolute atomic E-state index is 11.5. The number of hydrogen-bond donors (Lipinski definition) is 5. The average Bonchev–Trinajstić information content (AvgIpc) is 2.65. The molecule has 0 radical (unpaired) electrons. The SMILES string of the molecule is CC(CO)(CO)NC(=O)c1nc(N)n[nH]1. The van der Waals surface area contributed by atoms with Gasteiger partial charge in [-0.05, 0) is 6.92 Å². The number of anilines is 1. The topological polar surface area (TPSA) is 137 Å². The number of hydrogen-bond acceptors (Lipinski definition) is 6. The highest BCUT2D eigenvalue weighted by Gasteiger charge is 2.26. The number of H-pyrrole nitrogens is 1. The smallest absolute Gasteiger partial charge is 0.289 e. The van der Waals surface area contributed by atoms with Crippen molar-refractivity contribution in [1.29, 1.82) is 0 Å². The van der Waals surface area contributed by atoms with E-state index in [1.165, 1.54) is 6.92 Å². The van der Waals surface area contributed by atoms with Crippen molar-refractivity contribution >= 4 is 11.9 Å². The maximum atomic E-state index is 11.5. The van der Waals surface area contributed by atoms with Crippen molar-refractivity contribution in [2.75, 3.05) is 18.9 Å². The molecule has 1 aromatic rings. The lowest BCUT2D eigenvalue weighted by Gasteiger charge is -2.25. The molecule has 84 valence electrons. The molecule has 15 heavy (non-hydrogen) atoms. The highest BCUT2D eigenvalue weighted by Crippen LogP contribution is 2.02. The third-order valence-electron chi connectivity index (χ3n) is 1.83. The molecule has 8 nitrogen and oxygen atoms in total. The van der Waals surface area contributed by atoms with E-state index in [0.29, 0.717) is 0 Å². The van der Waals surface area contributed by atoms with E-state index in [-0.39, 0.29) is 11.8 Å². The van der Waals surface area contributed by atoms with Crippen LogP contribution in [0.2, 0.25) is 0 Å². The zero-order chi connectivity index (χ0) is 11.5. The fourth-order valence-electron chi connectivity index (χ4n) is 0.839. The zero-order valence-corrected chi connectivity index (χ0v) is 8.19. The van der Waals surface area contributed by atoms with E-state index in [1.807, 2.05) is 0 Å². The normalized spacial score (nSPS) is 11.4. The zero-order valence-electron chi connectivity index (χ0n) is 8.19. The predicted molar refractivity (Wildman–Crippen MR) is 50.8 cm³/mol. The molecule has 1 heterocycles. The molecular weight excluding hydrogens is 202 g/mol.